The topological polar surface area (TPSA) is 59.1 Å². The maximum Gasteiger partial charge on any atom is 0.243 e. The van der Waals surface area contributed by atoms with E-state index >= 15 is 0 Å². The van der Waals surface area contributed by atoms with Crippen molar-refractivity contribution >= 4 is 10.0 Å². The standard InChI is InChI=1S/C21H28N2O4S/c1-16-5-6-17(2)21(13-16)28(24,25)23-11-9-22(10-12-23)15-18-14-19(26-3)7-8-20(18)27-4/h5-8,13-14H,9-12,15H2,1-4H3. The van der Waals surface area contributed by atoms with E-state index in [0.717, 1.165) is 28.2 Å². The minimum Gasteiger partial charge on any atom is -0.497 e. The average molecular weight is 405 g/mol. The van der Waals surface area contributed by atoms with Crippen molar-refractivity contribution in [2.45, 2.75) is 25.3 Å². The highest BCUT2D eigenvalue weighted by Crippen LogP contribution is 2.27. The molecule has 0 spiro atoms. The third-order valence-electron chi connectivity index (χ3n) is 5.17. The molecule has 2 aromatic rings. The van der Waals surface area contributed by atoms with Crippen LogP contribution in [-0.2, 0) is 16.6 Å². The van der Waals surface area contributed by atoms with E-state index in [4.69, 9.17) is 9.47 Å². The molecule has 2 aromatic carbocycles. The van der Waals surface area contributed by atoms with Crippen molar-refractivity contribution in [2.24, 2.45) is 0 Å². The van der Waals surface area contributed by atoms with E-state index in [9.17, 15) is 8.42 Å². The molecule has 3 rings (SSSR count). The number of nitrogens with zero attached hydrogens (tertiary/aromatic N) is 2. The molecule has 1 heterocycles. The summed E-state index contributed by atoms with van der Waals surface area (Å²) in [6.45, 7) is 6.74. The predicted octanol–water partition coefficient (Wildman–Crippen LogP) is 2.83. The number of benzene rings is 2. The van der Waals surface area contributed by atoms with E-state index in [1.54, 1.807) is 24.6 Å². The summed E-state index contributed by atoms with van der Waals surface area (Å²) in [5.74, 6) is 1.60. The lowest BCUT2D eigenvalue weighted by Gasteiger charge is -2.34. The first-order valence-electron chi connectivity index (χ1n) is 9.36. The molecule has 0 unspecified atom stereocenters. The largest absolute Gasteiger partial charge is 0.497 e. The van der Waals surface area contributed by atoms with Crippen molar-refractivity contribution in [1.82, 2.24) is 9.21 Å². The Bertz CT molecular complexity index is 935. The van der Waals surface area contributed by atoms with Crippen LogP contribution in [0.15, 0.2) is 41.3 Å². The van der Waals surface area contributed by atoms with Crippen LogP contribution in [0.25, 0.3) is 0 Å². The first-order chi connectivity index (χ1) is 13.3. The molecule has 0 radical (unpaired) electrons. The van der Waals surface area contributed by atoms with Gasteiger partial charge in [0.05, 0.1) is 19.1 Å². The van der Waals surface area contributed by atoms with Crippen LogP contribution in [-0.4, -0.2) is 58.0 Å². The van der Waals surface area contributed by atoms with Gasteiger partial charge in [0.25, 0.3) is 0 Å². The Morgan fingerprint density at radius 2 is 1.64 bits per heavy atom. The molecule has 1 saturated heterocycles. The van der Waals surface area contributed by atoms with Crippen LogP contribution in [0.4, 0.5) is 0 Å². The summed E-state index contributed by atoms with van der Waals surface area (Å²) in [5.41, 5.74) is 2.77. The second-order valence-corrected chi connectivity index (χ2v) is 9.03. The van der Waals surface area contributed by atoms with E-state index in [1.165, 1.54) is 0 Å². The quantitative estimate of drug-likeness (QED) is 0.741. The summed E-state index contributed by atoms with van der Waals surface area (Å²) in [4.78, 5) is 2.65. The minimum atomic E-state index is -3.47. The fourth-order valence-corrected chi connectivity index (χ4v) is 5.23. The Hall–Kier alpha value is -2.09. The zero-order valence-corrected chi connectivity index (χ0v) is 17.8. The second-order valence-electron chi connectivity index (χ2n) is 7.13. The van der Waals surface area contributed by atoms with Gasteiger partial charge in [0.2, 0.25) is 10.0 Å². The SMILES string of the molecule is COc1ccc(OC)c(CN2CCN(S(=O)(=O)c3cc(C)ccc3C)CC2)c1. The van der Waals surface area contributed by atoms with E-state index in [2.05, 4.69) is 4.90 Å². The van der Waals surface area contributed by atoms with Crippen LogP contribution in [0.5, 0.6) is 11.5 Å². The number of hydrogen-bond donors (Lipinski definition) is 0. The van der Waals surface area contributed by atoms with Gasteiger partial charge in [-0.3, -0.25) is 4.90 Å². The molecule has 152 valence electrons. The van der Waals surface area contributed by atoms with Crippen LogP contribution in [0.1, 0.15) is 16.7 Å². The lowest BCUT2D eigenvalue weighted by molar-refractivity contribution is 0.180. The molecule has 0 aliphatic carbocycles. The first kappa shape index (κ1) is 20.6. The van der Waals surface area contributed by atoms with Crippen molar-refractivity contribution in [3.63, 3.8) is 0 Å². The van der Waals surface area contributed by atoms with Gasteiger partial charge in [-0.15, -0.1) is 0 Å². The Labute approximate surface area is 167 Å². The minimum absolute atomic E-state index is 0.412. The molecule has 0 aromatic heterocycles. The van der Waals surface area contributed by atoms with Gasteiger partial charge >= 0.3 is 0 Å². The number of aryl methyl sites for hydroxylation is 2. The van der Waals surface area contributed by atoms with E-state index < -0.39 is 10.0 Å². The third kappa shape index (κ3) is 4.32. The molecule has 0 saturated carbocycles. The summed E-state index contributed by atoms with van der Waals surface area (Å²) >= 11 is 0. The summed E-state index contributed by atoms with van der Waals surface area (Å²) in [6, 6.07) is 11.3. The zero-order chi connectivity index (χ0) is 20.3. The predicted molar refractivity (Wildman–Crippen MR) is 109 cm³/mol. The van der Waals surface area contributed by atoms with Crippen LogP contribution >= 0.6 is 0 Å². The molecule has 0 N–H and O–H groups in total. The third-order valence-corrected chi connectivity index (χ3v) is 7.21. The zero-order valence-electron chi connectivity index (χ0n) is 16.9. The summed E-state index contributed by atoms with van der Waals surface area (Å²) in [7, 11) is -0.179. The van der Waals surface area contributed by atoms with Crippen LogP contribution in [0, 0.1) is 13.8 Å². The van der Waals surface area contributed by atoms with Crippen molar-refractivity contribution in [3.8, 4) is 11.5 Å². The van der Waals surface area contributed by atoms with Crippen LogP contribution in [0.2, 0.25) is 0 Å². The molecule has 0 bridgehead atoms. The lowest BCUT2D eigenvalue weighted by atomic mass is 10.1. The van der Waals surface area contributed by atoms with Gasteiger partial charge in [0.15, 0.2) is 0 Å². The number of piperazine rings is 1. The van der Waals surface area contributed by atoms with Crippen molar-refractivity contribution in [1.29, 1.82) is 0 Å². The molecule has 6 nitrogen and oxygen atoms in total. The summed E-state index contributed by atoms with van der Waals surface area (Å²) in [6.07, 6.45) is 0. The molecule has 28 heavy (non-hydrogen) atoms. The molecular formula is C21H28N2O4S. The van der Waals surface area contributed by atoms with E-state index in [-0.39, 0.29) is 0 Å². The van der Waals surface area contributed by atoms with E-state index in [1.807, 2.05) is 44.2 Å². The highest BCUT2D eigenvalue weighted by atomic mass is 32.2. The van der Waals surface area contributed by atoms with E-state index in [0.29, 0.717) is 37.6 Å². The Balaban J connectivity index is 1.70. The van der Waals surface area contributed by atoms with Crippen LogP contribution < -0.4 is 9.47 Å². The summed E-state index contributed by atoms with van der Waals surface area (Å²) < 4.78 is 38.5. The number of sulfonamides is 1. The lowest BCUT2D eigenvalue weighted by Crippen LogP contribution is -2.48. The molecule has 7 heteroatoms. The van der Waals surface area contributed by atoms with Gasteiger partial charge < -0.3 is 9.47 Å². The average Bonchev–Trinajstić information content (AvgIpc) is 2.70. The fraction of sp³-hybridized carbons (Fsp3) is 0.429. The smallest absolute Gasteiger partial charge is 0.243 e. The molecular weight excluding hydrogens is 376 g/mol. The highest BCUT2D eigenvalue weighted by Gasteiger charge is 2.30. The molecule has 0 amide bonds. The van der Waals surface area contributed by atoms with Gasteiger partial charge in [-0.25, -0.2) is 8.42 Å². The van der Waals surface area contributed by atoms with Crippen molar-refractivity contribution in [2.75, 3.05) is 40.4 Å². The Morgan fingerprint density at radius 3 is 2.29 bits per heavy atom. The number of rotatable bonds is 6. The van der Waals surface area contributed by atoms with Gasteiger partial charge in [0.1, 0.15) is 11.5 Å². The van der Waals surface area contributed by atoms with Crippen molar-refractivity contribution in [3.05, 3.63) is 53.1 Å². The normalized spacial score (nSPS) is 16.1. The number of hydrogen-bond acceptors (Lipinski definition) is 5. The molecule has 1 aliphatic rings. The highest BCUT2D eigenvalue weighted by molar-refractivity contribution is 7.89. The van der Waals surface area contributed by atoms with Gasteiger partial charge in [-0.2, -0.15) is 4.31 Å². The second kappa shape index (κ2) is 8.51. The van der Waals surface area contributed by atoms with Gasteiger partial charge in [-0.05, 0) is 49.2 Å². The monoisotopic (exact) mass is 404 g/mol. The first-order valence-corrected chi connectivity index (χ1v) is 10.8. The fourth-order valence-electron chi connectivity index (χ4n) is 3.50. The Morgan fingerprint density at radius 1 is 0.929 bits per heavy atom. The maximum absolute atomic E-state index is 13.1. The summed E-state index contributed by atoms with van der Waals surface area (Å²) in [5, 5.41) is 0. The van der Waals surface area contributed by atoms with Crippen molar-refractivity contribution < 1.29 is 17.9 Å². The van der Waals surface area contributed by atoms with Gasteiger partial charge in [0, 0.05) is 38.3 Å². The number of methoxy groups -OCH3 is 2. The Kier molecular flexibility index (Phi) is 6.27. The maximum atomic E-state index is 13.1. The number of ether oxygens (including phenoxy) is 2. The van der Waals surface area contributed by atoms with Crippen LogP contribution in [0.3, 0.4) is 0 Å². The molecule has 1 aliphatic heterocycles. The van der Waals surface area contributed by atoms with Gasteiger partial charge in [-0.1, -0.05) is 12.1 Å². The molecule has 0 atom stereocenters. The molecule has 1 fully saturated rings.